The third-order valence-corrected chi connectivity index (χ3v) is 5.22. The van der Waals surface area contributed by atoms with Crippen LogP contribution in [0.15, 0.2) is 23.0 Å². The van der Waals surface area contributed by atoms with Crippen LogP contribution in [0.1, 0.15) is 25.7 Å². The summed E-state index contributed by atoms with van der Waals surface area (Å²) in [6.45, 7) is 1.99. The largest absolute Gasteiger partial charge is 0.341 e. The number of hydrogen-bond donors (Lipinski definition) is 0. The Morgan fingerprint density at radius 1 is 1.09 bits per heavy atom. The van der Waals surface area contributed by atoms with E-state index in [0.717, 1.165) is 28.1 Å². The van der Waals surface area contributed by atoms with E-state index in [1.807, 2.05) is 22.6 Å². The fourth-order valence-corrected chi connectivity index (χ4v) is 3.81. The van der Waals surface area contributed by atoms with E-state index in [0.29, 0.717) is 11.2 Å². The van der Waals surface area contributed by atoms with Gasteiger partial charge >= 0.3 is 0 Å². The van der Waals surface area contributed by atoms with Crippen molar-refractivity contribution in [3.8, 4) is 0 Å². The maximum Gasteiger partial charge on any atom is 0.262 e. The molecule has 3 aromatic rings. The van der Waals surface area contributed by atoms with Gasteiger partial charge in [0.2, 0.25) is 11.7 Å². The van der Waals surface area contributed by atoms with E-state index in [-0.39, 0.29) is 5.56 Å². The molecule has 0 spiro atoms. The van der Waals surface area contributed by atoms with Gasteiger partial charge in [-0.2, -0.15) is 0 Å². The van der Waals surface area contributed by atoms with Crippen LogP contribution in [0.25, 0.3) is 16.7 Å². The molecule has 3 heterocycles. The molecule has 1 aliphatic rings. The highest BCUT2D eigenvalue weighted by Gasteiger charge is 2.20. The summed E-state index contributed by atoms with van der Waals surface area (Å²) >= 11 is 2.24. The molecule has 0 N–H and O–H groups in total. The van der Waals surface area contributed by atoms with Crippen molar-refractivity contribution in [2.24, 2.45) is 7.05 Å². The topological polar surface area (TPSA) is 55.4 Å². The van der Waals surface area contributed by atoms with E-state index >= 15 is 0 Å². The molecule has 0 saturated carbocycles. The van der Waals surface area contributed by atoms with Gasteiger partial charge in [0.15, 0.2) is 0 Å². The predicted octanol–water partition coefficient (Wildman–Crippen LogP) is 2.57. The first-order valence-electron chi connectivity index (χ1n) is 7.95. The number of anilines is 1. The minimum absolute atomic E-state index is 0.0270. The number of hydrogen-bond acceptors (Lipinski definition) is 4. The summed E-state index contributed by atoms with van der Waals surface area (Å²) in [7, 11) is 1.76. The van der Waals surface area contributed by atoms with Crippen LogP contribution >= 0.6 is 22.6 Å². The highest BCUT2D eigenvalue weighted by Crippen LogP contribution is 2.23. The molecule has 0 aliphatic carbocycles. The van der Waals surface area contributed by atoms with Crippen LogP contribution in [-0.2, 0) is 7.05 Å². The Bertz CT molecular complexity index is 937. The molecule has 1 aromatic carbocycles. The zero-order chi connectivity index (χ0) is 16.0. The minimum Gasteiger partial charge on any atom is -0.341 e. The van der Waals surface area contributed by atoms with E-state index in [2.05, 4.69) is 37.7 Å². The Morgan fingerprint density at radius 3 is 2.57 bits per heavy atom. The number of aromatic nitrogens is 4. The number of rotatable bonds is 1. The fraction of sp³-hybridized carbons (Fsp3) is 0.438. The highest BCUT2D eigenvalue weighted by atomic mass is 127. The third-order valence-electron chi connectivity index (χ3n) is 4.55. The van der Waals surface area contributed by atoms with E-state index in [9.17, 15) is 4.79 Å². The van der Waals surface area contributed by atoms with Gasteiger partial charge in [-0.05, 0) is 53.6 Å². The van der Waals surface area contributed by atoms with Crippen LogP contribution in [-0.4, -0.2) is 32.3 Å². The molecule has 0 bridgehead atoms. The van der Waals surface area contributed by atoms with Crippen molar-refractivity contribution < 1.29 is 0 Å². The normalized spacial score (nSPS) is 16.2. The van der Waals surface area contributed by atoms with Gasteiger partial charge in [0.05, 0.1) is 10.9 Å². The van der Waals surface area contributed by atoms with Crippen molar-refractivity contribution in [1.29, 1.82) is 0 Å². The van der Waals surface area contributed by atoms with E-state index in [1.165, 1.54) is 25.7 Å². The second-order valence-corrected chi connectivity index (χ2v) is 7.31. The van der Waals surface area contributed by atoms with Gasteiger partial charge in [-0.25, -0.2) is 4.40 Å². The van der Waals surface area contributed by atoms with Gasteiger partial charge in [-0.3, -0.25) is 9.36 Å². The summed E-state index contributed by atoms with van der Waals surface area (Å²) in [5, 5.41) is 9.41. The molecule has 4 rings (SSSR count). The maximum atomic E-state index is 12.6. The number of benzene rings is 1. The Balaban J connectivity index is 2.03. The summed E-state index contributed by atoms with van der Waals surface area (Å²) in [4.78, 5) is 14.9. The van der Waals surface area contributed by atoms with Gasteiger partial charge in [0.1, 0.15) is 0 Å². The maximum absolute atomic E-state index is 12.6. The number of halogens is 1. The Hall–Kier alpha value is -1.64. The highest BCUT2D eigenvalue weighted by molar-refractivity contribution is 14.1. The van der Waals surface area contributed by atoms with Crippen LogP contribution in [0.5, 0.6) is 0 Å². The third kappa shape index (κ3) is 2.41. The second-order valence-electron chi connectivity index (χ2n) is 6.06. The molecule has 0 unspecified atom stereocenters. The standard InChI is InChI=1S/C16H18IN5O/c1-20-14(23)12-10-11(17)6-7-13(12)22-15(20)18-19-16(22)21-8-4-2-3-5-9-21/h6-7,10H,2-5,8-9H2,1H3. The zero-order valence-electron chi connectivity index (χ0n) is 13.0. The lowest BCUT2D eigenvalue weighted by Gasteiger charge is -2.20. The lowest BCUT2D eigenvalue weighted by molar-refractivity contribution is 0.726. The quantitative estimate of drug-likeness (QED) is 0.565. The zero-order valence-corrected chi connectivity index (χ0v) is 15.2. The summed E-state index contributed by atoms with van der Waals surface area (Å²) < 4.78 is 4.67. The molecular formula is C16H18IN5O. The molecule has 2 aromatic heterocycles. The lowest BCUT2D eigenvalue weighted by Crippen LogP contribution is -2.27. The molecule has 7 heteroatoms. The van der Waals surface area contributed by atoms with Gasteiger partial charge in [0, 0.05) is 23.7 Å². The first-order valence-corrected chi connectivity index (χ1v) is 9.03. The average Bonchev–Trinajstić information content (AvgIpc) is 2.81. The van der Waals surface area contributed by atoms with Crippen molar-refractivity contribution in [2.75, 3.05) is 18.0 Å². The van der Waals surface area contributed by atoms with Crippen LogP contribution in [0.2, 0.25) is 0 Å². The van der Waals surface area contributed by atoms with Gasteiger partial charge < -0.3 is 4.90 Å². The first-order chi connectivity index (χ1) is 11.2. The SMILES string of the molecule is Cn1c(=O)c2cc(I)ccc2n2c(N3CCCCCC3)nnc12. The van der Waals surface area contributed by atoms with Crippen molar-refractivity contribution in [2.45, 2.75) is 25.7 Å². The fourth-order valence-electron chi connectivity index (χ4n) is 3.32. The molecule has 1 fully saturated rings. The minimum atomic E-state index is -0.0270. The lowest BCUT2D eigenvalue weighted by atomic mass is 10.2. The summed E-state index contributed by atoms with van der Waals surface area (Å²) in [5.41, 5.74) is 0.855. The van der Waals surface area contributed by atoms with Crippen LogP contribution < -0.4 is 10.5 Å². The summed E-state index contributed by atoms with van der Waals surface area (Å²) in [6.07, 6.45) is 4.89. The van der Waals surface area contributed by atoms with Gasteiger partial charge in [0.25, 0.3) is 5.56 Å². The van der Waals surface area contributed by atoms with Gasteiger partial charge in [-0.15, -0.1) is 10.2 Å². The van der Waals surface area contributed by atoms with Crippen LogP contribution in [0.4, 0.5) is 5.95 Å². The van der Waals surface area contributed by atoms with Gasteiger partial charge in [-0.1, -0.05) is 12.8 Å². The van der Waals surface area contributed by atoms with E-state index in [1.54, 1.807) is 11.6 Å². The first kappa shape index (κ1) is 14.9. The second kappa shape index (κ2) is 5.77. The van der Waals surface area contributed by atoms with Crippen LogP contribution in [0.3, 0.4) is 0 Å². The smallest absolute Gasteiger partial charge is 0.262 e. The average molecular weight is 423 g/mol. The van der Waals surface area contributed by atoms with Crippen LogP contribution in [0, 0.1) is 3.57 Å². The van der Waals surface area contributed by atoms with E-state index in [4.69, 9.17) is 0 Å². The van der Waals surface area contributed by atoms with Crippen molar-refractivity contribution in [3.63, 3.8) is 0 Å². The molecule has 1 aliphatic heterocycles. The summed E-state index contributed by atoms with van der Waals surface area (Å²) in [6, 6.07) is 5.95. The molecule has 120 valence electrons. The van der Waals surface area contributed by atoms with Crippen molar-refractivity contribution in [1.82, 2.24) is 19.2 Å². The predicted molar refractivity (Wildman–Crippen MR) is 99.1 cm³/mol. The Labute approximate surface area is 147 Å². The molecule has 1 saturated heterocycles. The number of fused-ring (bicyclic) bond motifs is 3. The number of aryl methyl sites for hydroxylation is 1. The summed E-state index contributed by atoms with van der Waals surface area (Å²) in [5.74, 6) is 1.45. The molecular weight excluding hydrogens is 405 g/mol. The Kier molecular flexibility index (Phi) is 3.74. The molecule has 6 nitrogen and oxygen atoms in total. The molecule has 0 amide bonds. The molecule has 0 radical (unpaired) electrons. The monoisotopic (exact) mass is 423 g/mol. The van der Waals surface area contributed by atoms with E-state index < -0.39 is 0 Å². The van der Waals surface area contributed by atoms with Crippen molar-refractivity contribution in [3.05, 3.63) is 32.1 Å². The Morgan fingerprint density at radius 2 is 1.83 bits per heavy atom. The number of nitrogens with zero attached hydrogens (tertiary/aromatic N) is 5. The molecule has 23 heavy (non-hydrogen) atoms. The molecule has 0 atom stereocenters. The van der Waals surface area contributed by atoms with Crippen molar-refractivity contribution >= 4 is 45.2 Å².